The van der Waals surface area contributed by atoms with Gasteiger partial charge in [0.1, 0.15) is 54.4 Å². The summed E-state index contributed by atoms with van der Waals surface area (Å²) in [6.07, 6.45) is -0.456. The van der Waals surface area contributed by atoms with E-state index in [-0.39, 0.29) is 41.0 Å². The lowest BCUT2D eigenvalue weighted by Crippen LogP contribution is -2.63. The quantitative estimate of drug-likeness (QED) is 0.0274. The number of carboxylic acids is 2. The molecule has 36 heteroatoms. The van der Waals surface area contributed by atoms with Crippen LogP contribution in [0.1, 0.15) is 120 Å². The monoisotopic (exact) mass is 1360 g/mol. The third-order valence-corrected chi connectivity index (χ3v) is 14.6. The number of aryl methyl sites for hydroxylation is 1. The van der Waals surface area contributed by atoms with Crippen molar-refractivity contribution in [3.63, 3.8) is 0 Å². The fourth-order valence-electron chi connectivity index (χ4n) is 9.12. The highest BCUT2D eigenvalue weighted by Gasteiger charge is 2.38. The number of hydrogen-bond donors (Lipinski definition) is 20. The lowest BCUT2D eigenvalue weighted by Gasteiger charge is -2.29. The van der Waals surface area contributed by atoms with E-state index < -0.39 is 200 Å². The molecule has 1 aromatic heterocycles. The Morgan fingerprint density at radius 2 is 1.10 bits per heavy atom. The Morgan fingerprint density at radius 1 is 0.542 bits per heavy atom. The van der Waals surface area contributed by atoms with Gasteiger partial charge in [0.2, 0.25) is 76.8 Å². The number of rotatable bonds is 46. The molecular weight excluding hydrogens is 1270 g/mol. The summed E-state index contributed by atoms with van der Waals surface area (Å²) < 4.78 is 0. The summed E-state index contributed by atoms with van der Waals surface area (Å²) in [6.45, 7) is 5.65. The van der Waals surface area contributed by atoms with Crippen LogP contribution < -0.4 is 69.5 Å². The van der Waals surface area contributed by atoms with Gasteiger partial charge in [0.15, 0.2) is 0 Å². The van der Waals surface area contributed by atoms with Gasteiger partial charge in [-0.25, -0.2) is 4.98 Å². The molecule has 2 aromatic rings. The van der Waals surface area contributed by atoms with Crippen molar-refractivity contribution in [2.45, 2.75) is 185 Å². The van der Waals surface area contributed by atoms with Gasteiger partial charge in [0.05, 0.1) is 44.7 Å². The van der Waals surface area contributed by atoms with Gasteiger partial charge in [-0.1, -0.05) is 57.5 Å². The van der Waals surface area contributed by atoms with E-state index in [0.717, 1.165) is 13.8 Å². The number of imidazole rings is 1. The largest absolute Gasteiger partial charge is 0.481 e. The fraction of sp³-hybridized carbons (Fsp3) is 0.600. The second kappa shape index (κ2) is 43.5. The maximum absolute atomic E-state index is 14.1. The molecule has 0 bridgehead atoms. The number of benzene rings is 1. The molecule has 0 fully saturated rings. The summed E-state index contributed by atoms with van der Waals surface area (Å²) >= 11 is 0. The third-order valence-electron chi connectivity index (χ3n) is 14.6. The number of carbonyl (C=O) groups is 15. The molecule has 1 heterocycles. The Labute approximate surface area is 556 Å². The molecule has 0 aliphatic carbocycles. The average molecular weight is 1360 g/mol. The van der Waals surface area contributed by atoms with Crippen molar-refractivity contribution in [1.29, 1.82) is 0 Å². The van der Waals surface area contributed by atoms with E-state index >= 15 is 0 Å². The van der Waals surface area contributed by atoms with Gasteiger partial charge in [-0.15, -0.1) is 0 Å². The number of hydrogen-bond acceptors (Lipinski definition) is 21. The lowest BCUT2D eigenvalue weighted by molar-refractivity contribution is -0.142. The summed E-state index contributed by atoms with van der Waals surface area (Å²) in [5, 5.41) is 88.9. The van der Waals surface area contributed by atoms with Crippen LogP contribution in [0, 0.1) is 11.8 Å². The van der Waals surface area contributed by atoms with Gasteiger partial charge < -0.3 is 99.8 Å². The van der Waals surface area contributed by atoms with Crippen molar-refractivity contribution in [2.75, 3.05) is 32.8 Å². The predicted molar refractivity (Wildman–Crippen MR) is 341 cm³/mol. The average Bonchev–Trinajstić information content (AvgIpc) is 0.921. The zero-order valence-electron chi connectivity index (χ0n) is 54.4. The van der Waals surface area contributed by atoms with E-state index in [9.17, 15) is 103 Å². The van der Waals surface area contributed by atoms with E-state index in [2.05, 4.69) is 73.8 Å². The Bertz CT molecular complexity index is 2950. The first-order valence-electron chi connectivity index (χ1n) is 31.2. The van der Waals surface area contributed by atoms with Crippen LogP contribution in [-0.2, 0) is 84.8 Å². The van der Waals surface area contributed by atoms with Gasteiger partial charge in [-0.2, -0.15) is 0 Å². The van der Waals surface area contributed by atoms with Crippen molar-refractivity contribution in [1.82, 2.24) is 73.8 Å². The first-order chi connectivity index (χ1) is 45.3. The molecule has 96 heavy (non-hydrogen) atoms. The number of carbonyl (C=O) groups excluding carboxylic acids is 13. The normalized spacial score (nSPS) is 14.8. The Kier molecular flexibility index (Phi) is 37.4. The molecule has 2 rings (SSSR count). The highest BCUT2D eigenvalue weighted by Crippen LogP contribution is 2.14. The van der Waals surface area contributed by atoms with Gasteiger partial charge in [0, 0.05) is 52.9 Å². The van der Waals surface area contributed by atoms with Gasteiger partial charge >= 0.3 is 11.9 Å². The second-order valence-electron chi connectivity index (χ2n) is 23.0. The number of amides is 13. The zero-order valence-corrected chi connectivity index (χ0v) is 54.4. The van der Waals surface area contributed by atoms with Crippen molar-refractivity contribution >= 4 is 88.7 Å². The zero-order chi connectivity index (χ0) is 72.2. The number of aliphatic hydroxyl groups is 4. The van der Waals surface area contributed by atoms with Crippen molar-refractivity contribution in [2.24, 2.45) is 17.6 Å². The number of aromatic amines is 1. The van der Waals surface area contributed by atoms with Crippen LogP contribution in [0.3, 0.4) is 0 Å². The molecule has 0 spiro atoms. The maximum atomic E-state index is 14.1. The number of aromatic nitrogens is 2. The van der Waals surface area contributed by atoms with Crippen molar-refractivity contribution < 1.29 is 105 Å². The minimum Gasteiger partial charge on any atom is -0.481 e. The number of unbranched alkanes of at least 4 members (excludes halogenated alkanes) is 1. The number of nitrogens with zero attached hydrogens (tertiary/aromatic N) is 1. The molecule has 1 aromatic carbocycles. The number of nitrogens with two attached hydrogens (primary N) is 1. The van der Waals surface area contributed by atoms with Crippen LogP contribution in [-0.4, -0.2) is 229 Å². The molecule has 0 radical (unpaired) electrons. The van der Waals surface area contributed by atoms with Crippen molar-refractivity contribution in [3.8, 4) is 0 Å². The van der Waals surface area contributed by atoms with E-state index in [0.29, 0.717) is 49.9 Å². The summed E-state index contributed by atoms with van der Waals surface area (Å²) in [6, 6.07) is -7.57. The van der Waals surface area contributed by atoms with Crippen LogP contribution in [0.4, 0.5) is 0 Å². The molecule has 0 saturated carbocycles. The molecule has 21 N–H and O–H groups in total. The first kappa shape index (κ1) is 82.6. The van der Waals surface area contributed by atoms with Crippen LogP contribution in [0.2, 0.25) is 0 Å². The number of nitrogens with one attached hydrogen (secondary N) is 13. The molecule has 13 amide bonds. The van der Waals surface area contributed by atoms with Crippen LogP contribution in [0.5, 0.6) is 0 Å². The molecule has 36 nitrogen and oxygen atoms in total. The Balaban J connectivity index is 0.0000470. The summed E-state index contributed by atoms with van der Waals surface area (Å²) in [7, 11) is 0. The summed E-state index contributed by atoms with van der Waals surface area (Å²) in [5.41, 5.74) is 6.61. The van der Waals surface area contributed by atoms with E-state index in [1.165, 1.54) is 33.3 Å². The topological polar surface area (TPSA) is 576 Å². The summed E-state index contributed by atoms with van der Waals surface area (Å²) in [5.74, 6) is -17.2. The Morgan fingerprint density at radius 3 is 1.67 bits per heavy atom. The lowest BCUT2D eigenvalue weighted by atomic mass is 9.97. The fourth-order valence-corrected chi connectivity index (χ4v) is 9.12. The number of H-pyrrole nitrogens is 1. The van der Waals surface area contributed by atoms with Crippen LogP contribution in [0.25, 0.3) is 0 Å². The number of aliphatic carboxylic acids is 2. The molecule has 12 atom stereocenters. The highest BCUT2D eigenvalue weighted by molar-refractivity contribution is 6.01. The third kappa shape index (κ3) is 31.1. The SMILES string of the molecule is CCCC(=O)NCCCC[C@H](CCNC(CO)C(=O)N[C@H](C(=O)NC(CC(=O)O)C(=O)N[C@@H](CO)C(=O)N[C@H](C(=O)N[C@@H](Cc1ccccc1)C(=O)N[C@H](C(=O)NCC(=O)NC(CCC(=O)O)C(=O)N[C@@H](C)C(=O)NC(=O)CCc1cnc[nH]1)[C@@H](C)O)[C@@H](C)O)C(C)C)C(N)=O.[HH].[HH]. The number of imide groups is 1. The van der Waals surface area contributed by atoms with Crippen molar-refractivity contribution in [3.05, 3.63) is 54.1 Å². The van der Waals surface area contributed by atoms with Gasteiger partial charge in [0.25, 0.3) is 0 Å². The van der Waals surface area contributed by atoms with Gasteiger partial charge in [-0.05, 0) is 77.3 Å². The standard InChI is InChI=1S/C60H93N15O21.2H2/c1-7-13-43(80)64-22-12-11-16-36(51(61)87)21-23-63-41(28-76)56(92)73-48(31(2)3)59(95)70-40(25-47(85)86)54(90)71-42(29-77)57(93)75-50(34(6)79)60(96)69-39(24-35-14-9-8-10-15-35)55(91)74-49(33(5)78)58(94)65-27-45(82)68-38(18-20-46(83)84)53(89)67-32(4)52(88)72-44(81)19-17-37-26-62-30-66-37;;/h8-10,14-15,26,30-34,36,38-42,48-50,63,76-79H,7,11-13,16-25,27-29H2,1-6H3,(H2,61,87)(H,62,66)(H,64,80)(H,65,94)(H,67,89)(H,68,82)(H,69,96)(H,70,95)(H,71,90)(H,73,92)(H,74,91)(H,75,93)(H,83,84)(H,85,86)(H,72,81,88);2*1H/t32-,33+,34+,36+,38?,39-,40?,41?,42-,48-,49-,50-;;/m0../s1. The van der Waals surface area contributed by atoms with E-state index in [1.54, 1.807) is 30.3 Å². The number of primary amides is 1. The number of aliphatic hydroxyl groups excluding tert-OH is 4. The highest BCUT2D eigenvalue weighted by atomic mass is 16.4. The van der Waals surface area contributed by atoms with E-state index in [4.69, 9.17) is 5.73 Å². The molecule has 0 aliphatic heterocycles. The second-order valence-corrected chi connectivity index (χ2v) is 23.0. The minimum absolute atomic E-state index is 0. The molecular formula is C60H97N15O21. The van der Waals surface area contributed by atoms with Gasteiger partial charge in [-0.3, -0.25) is 77.2 Å². The predicted octanol–water partition coefficient (Wildman–Crippen LogP) is -5.99. The molecule has 0 aliphatic rings. The van der Waals surface area contributed by atoms with Crippen LogP contribution >= 0.6 is 0 Å². The van der Waals surface area contributed by atoms with E-state index in [1.807, 2.05) is 6.92 Å². The smallest absolute Gasteiger partial charge is 0.305 e. The molecule has 0 saturated heterocycles. The molecule has 538 valence electrons. The first-order valence-corrected chi connectivity index (χ1v) is 31.2. The molecule has 3 unspecified atom stereocenters. The Hall–Kier alpha value is -9.52. The minimum atomic E-state index is -2.03. The van der Waals surface area contributed by atoms with Crippen LogP contribution in [0.15, 0.2) is 42.9 Å². The maximum Gasteiger partial charge on any atom is 0.305 e. The summed E-state index contributed by atoms with van der Waals surface area (Å²) in [4.78, 5) is 202. The number of carboxylic acid groups (broad SMARTS) is 2.